The zero-order valence-corrected chi connectivity index (χ0v) is 19.2. The fourth-order valence-corrected chi connectivity index (χ4v) is 4.98. The zero-order chi connectivity index (χ0) is 22.8. The van der Waals surface area contributed by atoms with Crippen LogP contribution in [0.25, 0.3) is 0 Å². The van der Waals surface area contributed by atoms with E-state index in [4.69, 9.17) is 4.99 Å². The molecule has 176 valence electrons. The van der Waals surface area contributed by atoms with E-state index in [0.717, 1.165) is 69.9 Å². The summed E-state index contributed by atoms with van der Waals surface area (Å²) in [5.41, 5.74) is 2.37. The van der Waals surface area contributed by atoms with Gasteiger partial charge in [0.2, 0.25) is 5.91 Å². The Labute approximate surface area is 194 Å². The highest BCUT2D eigenvalue weighted by Crippen LogP contribution is 2.24. The minimum absolute atomic E-state index is 0.0698. The number of anilines is 1. The van der Waals surface area contributed by atoms with Crippen LogP contribution in [-0.2, 0) is 4.79 Å². The van der Waals surface area contributed by atoms with Crippen LogP contribution in [0.5, 0.6) is 0 Å². The van der Waals surface area contributed by atoms with Gasteiger partial charge in [0, 0.05) is 63.5 Å². The molecule has 0 aromatic carbocycles. The van der Waals surface area contributed by atoms with E-state index < -0.39 is 0 Å². The van der Waals surface area contributed by atoms with Crippen LogP contribution in [-0.4, -0.2) is 91.9 Å². The lowest BCUT2D eigenvalue weighted by Gasteiger charge is -2.39. The van der Waals surface area contributed by atoms with Crippen molar-refractivity contribution in [2.75, 3.05) is 50.7 Å². The second-order valence-electron chi connectivity index (χ2n) is 9.43. The number of aromatic nitrogens is 1. The van der Waals surface area contributed by atoms with Gasteiger partial charge in [-0.15, -0.1) is 0 Å². The van der Waals surface area contributed by atoms with E-state index in [1.54, 1.807) is 6.20 Å². The van der Waals surface area contributed by atoms with Gasteiger partial charge in [0.1, 0.15) is 5.69 Å². The van der Waals surface area contributed by atoms with Gasteiger partial charge in [-0.25, -0.2) is 4.98 Å². The lowest BCUT2D eigenvalue weighted by Crippen LogP contribution is -2.57. The molecular weight excluding hydrogens is 418 g/mol. The second-order valence-corrected chi connectivity index (χ2v) is 9.43. The van der Waals surface area contributed by atoms with E-state index in [-0.39, 0.29) is 29.9 Å². The average molecular weight is 452 g/mol. The number of nitrogens with one attached hydrogen (secondary N) is 3. The van der Waals surface area contributed by atoms with E-state index in [0.29, 0.717) is 11.6 Å². The molecule has 3 unspecified atom stereocenters. The average Bonchev–Trinajstić information content (AvgIpc) is 2.81. The van der Waals surface area contributed by atoms with Gasteiger partial charge in [0.05, 0.1) is 30.0 Å². The molecule has 9 nitrogen and oxygen atoms in total. The molecule has 1 aromatic heterocycles. The lowest BCUT2D eigenvalue weighted by molar-refractivity contribution is -0.119. The SMILES string of the molecule is CCC1=CC2N=CC(CN3CCN(c4ccc(C(=O)NC5CNC5)nc4)CC3)CC2NC1=O. The first-order chi connectivity index (χ1) is 16.1. The predicted octanol–water partition coefficient (Wildman–Crippen LogP) is 0.199. The molecule has 2 fully saturated rings. The number of rotatable bonds is 6. The van der Waals surface area contributed by atoms with E-state index in [1.165, 1.54) is 0 Å². The van der Waals surface area contributed by atoms with Crippen molar-refractivity contribution >= 4 is 23.7 Å². The van der Waals surface area contributed by atoms with Crippen molar-refractivity contribution in [1.82, 2.24) is 25.8 Å². The van der Waals surface area contributed by atoms with Gasteiger partial charge in [0.15, 0.2) is 0 Å². The van der Waals surface area contributed by atoms with Gasteiger partial charge in [-0.05, 0) is 31.1 Å². The third-order valence-electron chi connectivity index (χ3n) is 7.13. The number of carbonyl (C=O) groups is 2. The number of carbonyl (C=O) groups excluding carboxylic acids is 2. The normalized spacial score (nSPS) is 27.9. The fraction of sp³-hybridized carbons (Fsp3) is 0.583. The maximum Gasteiger partial charge on any atom is 0.270 e. The minimum atomic E-state index is -0.107. The van der Waals surface area contributed by atoms with Crippen LogP contribution in [0.2, 0.25) is 0 Å². The summed E-state index contributed by atoms with van der Waals surface area (Å²) in [5.74, 6) is 0.324. The zero-order valence-electron chi connectivity index (χ0n) is 19.2. The van der Waals surface area contributed by atoms with Gasteiger partial charge in [-0.2, -0.15) is 0 Å². The van der Waals surface area contributed by atoms with Crippen molar-refractivity contribution in [3.05, 3.63) is 35.7 Å². The molecule has 0 saturated carbocycles. The third kappa shape index (κ3) is 4.94. The summed E-state index contributed by atoms with van der Waals surface area (Å²) in [4.78, 5) is 38.4. The number of amides is 2. The molecule has 9 heteroatoms. The number of hydrogen-bond acceptors (Lipinski definition) is 7. The Bertz CT molecular complexity index is 933. The Hall–Kier alpha value is -2.78. The van der Waals surface area contributed by atoms with Crippen molar-refractivity contribution in [1.29, 1.82) is 0 Å². The maximum absolute atomic E-state index is 12.2. The van der Waals surface area contributed by atoms with Gasteiger partial charge < -0.3 is 20.9 Å². The molecule has 2 amide bonds. The highest BCUT2D eigenvalue weighted by atomic mass is 16.2. The fourth-order valence-electron chi connectivity index (χ4n) is 4.98. The highest BCUT2D eigenvalue weighted by molar-refractivity contribution is 5.95. The van der Waals surface area contributed by atoms with E-state index >= 15 is 0 Å². The number of aliphatic imine (C=N–C) groups is 1. The molecule has 33 heavy (non-hydrogen) atoms. The number of hydrogen-bond donors (Lipinski definition) is 3. The van der Waals surface area contributed by atoms with E-state index in [9.17, 15) is 9.59 Å². The van der Waals surface area contributed by atoms with E-state index in [1.807, 2.05) is 25.1 Å². The van der Waals surface area contributed by atoms with Crippen LogP contribution in [0.3, 0.4) is 0 Å². The Morgan fingerprint density at radius 2 is 2.03 bits per heavy atom. The van der Waals surface area contributed by atoms with Crippen molar-refractivity contribution in [2.24, 2.45) is 10.9 Å². The summed E-state index contributed by atoms with van der Waals surface area (Å²) >= 11 is 0. The van der Waals surface area contributed by atoms with Crippen LogP contribution in [0.4, 0.5) is 5.69 Å². The topological polar surface area (TPSA) is 102 Å². The van der Waals surface area contributed by atoms with Gasteiger partial charge in [-0.3, -0.25) is 19.5 Å². The molecule has 1 aromatic rings. The Balaban J connectivity index is 1.10. The number of fused-ring (bicyclic) bond motifs is 1. The second kappa shape index (κ2) is 9.61. The summed E-state index contributed by atoms with van der Waals surface area (Å²) in [6.45, 7) is 8.43. The largest absolute Gasteiger partial charge is 0.368 e. The number of piperazine rings is 1. The van der Waals surface area contributed by atoms with E-state index in [2.05, 4.69) is 36.9 Å². The van der Waals surface area contributed by atoms with Crippen LogP contribution < -0.4 is 20.9 Å². The molecule has 2 saturated heterocycles. The molecule has 0 spiro atoms. The van der Waals surface area contributed by atoms with Crippen molar-refractivity contribution in [3.8, 4) is 0 Å². The van der Waals surface area contributed by atoms with Crippen LogP contribution in [0, 0.1) is 5.92 Å². The highest BCUT2D eigenvalue weighted by Gasteiger charge is 2.33. The van der Waals surface area contributed by atoms with Crippen molar-refractivity contribution in [2.45, 2.75) is 37.9 Å². The molecule has 4 aliphatic heterocycles. The molecule has 4 aliphatic rings. The monoisotopic (exact) mass is 451 g/mol. The standard InChI is InChI=1S/C24H33N7O2/c1-2-17-10-21-22(29-23(17)32)9-16(11-26-21)15-30-5-7-31(8-6-30)19-3-4-20(27-14-19)24(33)28-18-12-25-13-18/h3-4,10-11,14,16,18,21-22,25H,2,5-9,12-13,15H2,1H3,(H,28,33)(H,29,32). The van der Waals surface area contributed by atoms with Crippen molar-refractivity contribution in [3.63, 3.8) is 0 Å². The molecule has 3 N–H and O–H groups in total. The van der Waals surface area contributed by atoms with Crippen molar-refractivity contribution < 1.29 is 9.59 Å². The molecule has 0 aliphatic carbocycles. The van der Waals surface area contributed by atoms with Crippen LogP contribution in [0.15, 0.2) is 35.0 Å². The quantitative estimate of drug-likeness (QED) is 0.571. The molecular formula is C24H33N7O2. The van der Waals surface area contributed by atoms with Crippen LogP contribution in [0.1, 0.15) is 30.3 Å². The van der Waals surface area contributed by atoms with Gasteiger partial charge in [-0.1, -0.05) is 6.92 Å². The summed E-state index contributed by atoms with van der Waals surface area (Å²) in [6, 6.07) is 4.23. The Morgan fingerprint density at radius 3 is 2.70 bits per heavy atom. The molecule has 5 rings (SSSR count). The molecule has 3 atom stereocenters. The number of nitrogens with zero attached hydrogens (tertiary/aromatic N) is 4. The summed E-state index contributed by atoms with van der Waals surface area (Å²) < 4.78 is 0. The smallest absolute Gasteiger partial charge is 0.270 e. The summed E-state index contributed by atoms with van der Waals surface area (Å²) in [7, 11) is 0. The van der Waals surface area contributed by atoms with Gasteiger partial charge in [0.25, 0.3) is 5.91 Å². The lowest BCUT2D eigenvalue weighted by atomic mass is 9.88. The summed E-state index contributed by atoms with van der Waals surface area (Å²) in [6.07, 6.45) is 7.64. The first-order valence-corrected chi connectivity index (χ1v) is 12.1. The third-order valence-corrected chi connectivity index (χ3v) is 7.13. The Kier molecular flexibility index (Phi) is 6.41. The van der Waals surface area contributed by atoms with Gasteiger partial charge >= 0.3 is 0 Å². The first kappa shape index (κ1) is 22.0. The maximum atomic E-state index is 12.2. The molecule has 5 heterocycles. The number of pyridine rings is 1. The predicted molar refractivity (Wildman–Crippen MR) is 128 cm³/mol. The minimum Gasteiger partial charge on any atom is -0.368 e. The summed E-state index contributed by atoms with van der Waals surface area (Å²) in [5, 5.41) is 9.28. The Morgan fingerprint density at radius 1 is 1.21 bits per heavy atom. The van der Waals surface area contributed by atoms with Crippen LogP contribution >= 0.6 is 0 Å². The molecule has 0 bridgehead atoms. The first-order valence-electron chi connectivity index (χ1n) is 12.1. The molecule has 0 radical (unpaired) electrons.